The van der Waals surface area contributed by atoms with Crippen molar-refractivity contribution in [2.24, 2.45) is 5.14 Å². The van der Waals surface area contributed by atoms with Crippen molar-refractivity contribution in [3.8, 4) is 5.75 Å². The molecule has 2 N–H and O–H groups in total. The summed E-state index contributed by atoms with van der Waals surface area (Å²) in [5, 5.41) is 4.91. The van der Waals surface area contributed by atoms with E-state index >= 15 is 0 Å². The number of aromatic nitrogens is 1. The number of nitrogens with zero attached hydrogens (tertiary/aromatic N) is 1. The first kappa shape index (κ1) is 16.0. The van der Waals surface area contributed by atoms with E-state index in [1.165, 1.54) is 12.1 Å². The number of sulfonamides is 1. The van der Waals surface area contributed by atoms with Gasteiger partial charge < -0.3 is 4.74 Å². The number of hydrogen-bond donors (Lipinski definition) is 1. The van der Waals surface area contributed by atoms with Gasteiger partial charge >= 0.3 is 0 Å². The van der Waals surface area contributed by atoms with Gasteiger partial charge in [0.2, 0.25) is 10.0 Å². The lowest BCUT2D eigenvalue weighted by Gasteiger charge is -2.11. The molecule has 0 amide bonds. The number of primary sulfonamides is 1. The average molecular weight is 347 g/mol. The van der Waals surface area contributed by atoms with Crippen LogP contribution in [0, 0.1) is 0 Å². The van der Waals surface area contributed by atoms with E-state index in [1.54, 1.807) is 6.20 Å². The second-order valence-corrected chi connectivity index (χ2v) is 6.44. The molecule has 0 aliphatic rings. The van der Waals surface area contributed by atoms with Crippen molar-refractivity contribution in [2.75, 3.05) is 6.61 Å². The minimum absolute atomic E-state index is 0.0178. The molecule has 0 saturated heterocycles. The number of hydrogen-bond acceptors (Lipinski definition) is 4. The van der Waals surface area contributed by atoms with Crippen LogP contribution in [0.2, 0.25) is 10.0 Å². The monoisotopic (exact) mass is 346 g/mol. The molecule has 5 nitrogen and oxygen atoms in total. The quantitative estimate of drug-likeness (QED) is 0.901. The molecule has 0 radical (unpaired) electrons. The highest BCUT2D eigenvalue weighted by Gasteiger charge is 2.18. The molecule has 1 aromatic heterocycles. The number of rotatable bonds is 5. The molecular weight excluding hydrogens is 335 g/mol. The molecular formula is C13H12Cl2N2O3S. The van der Waals surface area contributed by atoms with Gasteiger partial charge in [-0.1, -0.05) is 29.3 Å². The van der Waals surface area contributed by atoms with Gasteiger partial charge in [-0.05, 0) is 24.3 Å². The summed E-state index contributed by atoms with van der Waals surface area (Å²) in [4.78, 5) is 3.93. The highest BCUT2D eigenvalue weighted by molar-refractivity contribution is 7.89. The van der Waals surface area contributed by atoms with E-state index in [0.717, 1.165) is 5.69 Å². The number of pyridine rings is 1. The molecule has 1 heterocycles. The van der Waals surface area contributed by atoms with Crippen LogP contribution >= 0.6 is 23.2 Å². The topological polar surface area (TPSA) is 82.3 Å². The van der Waals surface area contributed by atoms with Gasteiger partial charge in [0.1, 0.15) is 15.7 Å². The Labute approximate surface area is 132 Å². The molecule has 2 aromatic rings. The Bertz CT molecular complexity index is 737. The molecule has 0 unspecified atom stereocenters. The van der Waals surface area contributed by atoms with Crippen LogP contribution in [0.5, 0.6) is 5.75 Å². The maximum absolute atomic E-state index is 11.3. The van der Waals surface area contributed by atoms with E-state index in [1.807, 2.05) is 18.2 Å². The largest absolute Gasteiger partial charge is 0.492 e. The minimum atomic E-state index is -3.92. The lowest BCUT2D eigenvalue weighted by atomic mass is 10.3. The zero-order valence-corrected chi connectivity index (χ0v) is 13.1. The molecule has 0 saturated carbocycles. The van der Waals surface area contributed by atoms with Crippen LogP contribution in [0.15, 0.2) is 41.4 Å². The molecule has 0 atom stereocenters. The number of ether oxygens (including phenoxy) is 1. The second-order valence-electron chi connectivity index (χ2n) is 4.15. The molecule has 0 aliphatic carbocycles. The van der Waals surface area contributed by atoms with Crippen molar-refractivity contribution >= 4 is 33.2 Å². The van der Waals surface area contributed by atoms with Crippen molar-refractivity contribution in [1.29, 1.82) is 0 Å². The standard InChI is InChI=1S/C13H12Cl2N2O3S/c14-12-10(4-5-11(13(12)15)21(16,18)19)20-8-6-9-3-1-2-7-17-9/h1-5,7H,6,8H2,(H2,16,18,19). The lowest BCUT2D eigenvalue weighted by molar-refractivity contribution is 0.320. The highest BCUT2D eigenvalue weighted by Crippen LogP contribution is 2.36. The zero-order chi connectivity index (χ0) is 15.5. The Balaban J connectivity index is 2.10. The molecule has 21 heavy (non-hydrogen) atoms. The summed E-state index contributed by atoms with van der Waals surface area (Å²) in [6.07, 6.45) is 2.28. The van der Waals surface area contributed by atoms with Crippen LogP contribution in [-0.2, 0) is 16.4 Å². The van der Waals surface area contributed by atoms with Crippen LogP contribution in [-0.4, -0.2) is 20.0 Å². The number of benzene rings is 1. The zero-order valence-electron chi connectivity index (χ0n) is 10.8. The van der Waals surface area contributed by atoms with Gasteiger partial charge in [-0.25, -0.2) is 13.6 Å². The first-order chi connectivity index (χ1) is 9.89. The van der Waals surface area contributed by atoms with Crippen LogP contribution < -0.4 is 9.88 Å². The van der Waals surface area contributed by atoms with E-state index < -0.39 is 10.0 Å². The summed E-state index contributed by atoms with van der Waals surface area (Å²) < 4.78 is 28.1. The van der Waals surface area contributed by atoms with E-state index in [9.17, 15) is 8.42 Å². The van der Waals surface area contributed by atoms with Crippen LogP contribution in [0.3, 0.4) is 0 Å². The molecule has 112 valence electrons. The number of halogens is 2. The number of nitrogens with two attached hydrogens (primary N) is 1. The van der Waals surface area contributed by atoms with E-state index in [4.69, 9.17) is 33.1 Å². The SMILES string of the molecule is NS(=O)(=O)c1ccc(OCCc2ccccn2)c(Cl)c1Cl. The second kappa shape index (κ2) is 6.62. The van der Waals surface area contributed by atoms with Crippen LogP contribution in [0.25, 0.3) is 0 Å². The fourth-order valence-electron chi connectivity index (χ4n) is 1.66. The third kappa shape index (κ3) is 4.07. The smallest absolute Gasteiger partial charge is 0.239 e. The van der Waals surface area contributed by atoms with Gasteiger partial charge in [0, 0.05) is 18.3 Å². The van der Waals surface area contributed by atoms with E-state index in [0.29, 0.717) is 18.8 Å². The fourth-order valence-corrected chi connectivity index (χ4v) is 3.02. The van der Waals surface area contributed by atoms with Gasteiger partial charge in [0.05, 0.1) is 11.6 Å². The van der Waals surface area contributed by atoms with Crippen molar-refractivity contribution in [3.05, 3.63) is 52.3 Å². The van der Waals surface area contributed by atoms with Crippen molar-refractivity contribution in [1.82, 2.24) is 4.98 Å². The Morgan fingerprint density at radius 1 is 1.14 bits per heavy atom. The van der Waals surface area contributed by atoms with Crippen molar-refractivity contribution in [2.45, 2.75) is 11.3 Å². The summed E-state index contributed by atoms with van der Waals surface area (Å²) in [7, 11) is -3.92. The van der Waals surface area contributed by atoms with E-state index in [2.05, 4.69) is 4.98 Å². The minimum Gasteiger partial charge on any atom is -0.492 e. The first-order valence-corrected chi connectivity index (χ1v) is 8.23. The van der Waals surface area contributed by atoms with Gasteiger partial charge in [-0.3, -0.25) is 4.98 Å². The Hall–Kier alpha value is -1.34. The van der Waals surface area contributed by atoms with Gasteiger partial charge in [-0.2, -0.15) is 0 Å². The first-order valence-electron chi connectivity index (χ1n) is 5.93. The molecule has 8 heteroatoms. The molecule has 0 bridgehead atoms. The summed E-state index contributed by atoms with van der Waals surface area (Å²) in [5.41, 5.74) is 0.876. The normalized spacial score (nSPS) is 11.4. The third-order valence-corrected chi connectivity index (χ3v) is 4.59. The Morgan fingerprint density at radius 3 is 2.52 bits per heavy atom. The summed E-state index contributed by atoms with van der Waals surface area (Å²) in [6.45, 7) is 0.335. The maximum Gasteiger partial charge on any atom is 0.239 e. The van der Waals surface area contributed by atoms with Crippen LogP contribution in [0.4, 0.5) is 0 Å². The lowest BCUT2D eigenvalue weighted by Crippen LogP contribution is -2.13. The summed E-state index contributed by atoms with van der Waals surface area (Å²) in [6, 6.07) is 8.27. The van der Waals surface area contributed by atoms with Gasteiger partial charge in [0.15, 0.2) is 0 Å². The summed E-state index contributed by atoms with van der Waals surface area (Å²) in [5.74, 6) is 0.296. The van der Waals surface area contributed by atoms with E-state index in [-0.39, 0.29) is 14.9 Å². The third-order valence-electron chi connectivity index (χ3n) is 2.66. The molecule has 0 fully saturated rings. The average Bonchev–Trinajstić information content (AvgIpc) is 2.43. The summed E-state index contributed by atoms with van der Waals surface area (Å²) >= 11 is 11.9. The van der Waals surface area contributed by atoms with Crippen molar-refractivity contribution < 1.29 is 13.2 Å². The molecule has 0 aliphatic heterocycles. The maximum atomic E-state index is 11.3. The molecule has 2 rings (SSSR count). The van der Waals surface area contributed by atoms with Crippen LogP contribution in [0.1, 0.15) is 5.69 Å². The van der Waals surface area contributed by atoms with Crippen molar-refractivity contribution in [3.63, 3.8) is 0 Å². The Kier molecular flexibility index (Phi) is 5.05. The molecule has 0 spiro atoms. The fraction of sp³-hybridized carbons (Fsp3) is 0.154. The Morgan fingerprint density at radius 2 is 1.90 bits per heavy atom. The van der Waals surface area contributed by atoms with Gasteiger partial charge in [-0.15, -0.1) is 0 Å². The molecule has 1 aromatic carbocycles. The highest BCUT2D eigenvalue weighted by atomic mass is 35.5. The predicted molar refractivity (Wildman–Crippen MR) is 81.3 cm³/mol. The van der Waals surface area contributed by atoms with Gasteiger partial charge in [0.25, 0.3) is 0 Å². The predicted octanol–water partition coefficient (Wildman–Crippen LogP) is 2.66.